The van der Waals surface area contributed by atoms with Gasteiger partial charge in [-0.2, -0.15) is 18.2 Å². The Morgan fingerprint density at radius 1 is 1.19 bits per heavy atom. The van der Waals surface area contributed by atoms with Gasteiger partial charge < -0.3 is 14.7 Å². The summed E-state index contributed by atoms with van der Waals surface area (Å²) in [4.78, 5) is 17.5. The number of urea groups is 1. The van der Waals surface area contributed by atoms with Crippen molar-refractivity contribution in [3.05, 3.63) is 35.7 Å². The minimum Gasteiger partial charge on any atom is -0.335 e. The number of halogens is 3. The average Bonchev–Trinajstić information content (AvgIpc) is 3.52. The van der Waals surface area contributed by atoms with Crippen LogP contribution in [0.1, 0.15) is 37.1 Å². The molecule has 2 aromatic rings. The van der Waals surface area contributed by atoms with E-state index in [1.807, 2.05) is 4.90 Å². The third kappa shape index (κ3) is 3.81. The molecule has 2 saturated carbocycles. The molecule has 0 aliphatic heterocycles. The highest BCUT2D eigenvalue weighted by Crippen LogP contribution is 2.31. The van der Waals surface area contributed by atoms with E-state index in [1.54, 1.807) is 24.3 Å². The van der Waals surface area contributed by atoms with E-state index in [9.17, 15) is 18.0 Å². The van der Waals surface area contributed by atoms with Crippen LogP contribution in [0, 0.1) is 0 Å². The maximum atomic E-state index is 12.5. The summed E-state index contributed by atoms with van der Waals surface area (Å²) in [6.45, 7) is 0.462. The van der Waals surface area contributed by atoms with Gasteiger partial charge in [-0.05, 0) is 31.2 Å². The van der Waals surface area contributed by atoms with E-state index in [-0.39, 0.29) is 17.9 Å². The highest BCUT2D eigenvalue weighted by Gasteiger charge is 2.38. The first-order chi connectivity index (χ1) is 12.4. The molecule has 0 saturated heterocycles. The van der Waals surface area contributed by atoms with Crippen LogP contribution >= 0.6 is 0 Å². The number of benzene rings is 1. The van der Waals surface area contributed by atoms with Crippen LogP contribution in [0.15, 0.2) is 28.8 Å². The van der Waals surface area contributed by atoms with Crippen LogP contribution in [0.3, 0.4) is 0 Å². The van der Waals surface area contributed by atoms with Gasteiger partial charge in [-0.25, -0.2) is 4.79 Å². The Kier molecular flexibility index (Phi) is 4.08. The summed E-state index contributed by atoms with van der Waals surface area (Å²) in [5.41, 5.74) is 1.32. The molecular weight excluding hydrogens is 349 g/mol. The molecule has 4 rings (SSSR count). The smallest absolute Gasteiger partial charge is 0.335 e. The molecule has 2 aliphatic carbocycles. The van der Waals surface area contributed by atoms with E-state index in [0.717, 1.165) is 31.2 Å². The molecule has 2 amide bonds. The Bertz CT molecular complexity index is 795. The number of nitrogens with zero attached hydrogens (tertiary/aromatic N) is 3. The van der Waals surface area contributed by atoms with Gasteiger partial charge in [0.25, 0.3) is 0 Å². The summed E-state index contributed by atoms with van der Waals surface area (Å²) in [6, 6.07) is 7.30. The van der Waals surface area contributed by atoms with Crippen molar-refractivity contribution in [2.24, 2.45) is 0 Å². The van der Waals surface area contributed by atoms with Crippen LogP contribution in [0.5, 0.6) is 0 Å². The maximum Gasteiger partial charge on any atom is 0.471 e. The second-order valence-corrected chi connectivity index (χ2v) is 6.70. The molecule has 2 aliphatic rings. The number of alkyl halides is 3. The molecule has 0 radical (unpaired) electrons. The molecule has 0 atom stereocenters. The van der Waals surface area contributed by atoms with Crippen molar-refractivity contribution in [2.45, 2.75) is 50.5 Å². The topological polar surface area (TPSA) is 71.3 Å². The Hall–Kier alpha value is -2.58. The fourth-order valence-electron chi connectivity index (χ4n) is 2.65. The van der Waals surface area contributed by atoms with Gasteiger partial charge >= 0.3 is 18.1 Å². The number of carbonyl (C=O) groups excluding carboxylic acids is 1. The fourth-order valence-corrected chi connectivity index (χ4v) is 2.65. The maximum absolute atomic E-state index is 12.5. The first kappa shape index (κ1) is 16.9. The predicted molar refractivity (Wildman–Crippen MR) is 84.9 cm³/mol. The Morgan fingerprint density at radius 3 is 2.42 bits per heavy atom. The molecule has 138 valence electrons. The number of nitrogens with one attached hydrogen (secondary N) is 1. The second kappa shape index (κ2) is 6.30. The average molecular weight is 366 g/mol. The highest BCUT2D eigenvalue weighted by atomic mass is 19.4. The number of hydrogen-bond donors (Lipinski definition) is 1. The predicted octanol–water partition coefficient (Wildman–Crippen LogP) is 3.59. The van der Waals surface area contributed by atoms with Crippen molar-refractivity contribution in [1.82, 2.24) is 20.4 Å². The number of hydrogen-bond acceptors (Lipinski definition) is 4. The Labute approximate surface area is 147 Å². The van der Waals surface area contributed by atoms with Crippen molar-refractivity contribution in [3.63, 3.8) is 0 Å². The molecule has 1 heterocycles. The van der Waals surface area contributed by atoms with Crippen molar-refractivity contribution in [1.29, 1.82) is 0 Å². The van der Waals surface area contributed by atoms with Gasteiger partial charge in [-0.15, -0.1) is 0 Å². The normalized spacial score (nSPS) is 17.2. The third-order valence-corrected chi connectivity index (χ3v) is 4.39. The monoisotopic (exact) mass is 366 g/mol. The quantitative estimate of drug-likeness (QED) is 0.878. The summed E-state index contributed by atoms with van der Waals surface area (Å²) in [5.74, 6) is -1.48. The van der Waals surface area contributed by atoms with Crippen LogP contribution < -0.4 is 5.32 Å². The van der Waals surface area contributed by atoms with E-state index in [0.29, 0.717) is 18.2 Å². The third-order valence-electron chi connectivity index (χ3n) is 4.39. The lowest BCUT2D eigenvalue weighted by Crippen LogP contribution is -2.41. The van der Waals surface area contributed by atoms with Crippen molar-refractivity contribution in [2.75, 3.05) is 0 Å². The van der Waals surface area contributed by atoms with Crippen LogP contribution in [-0.4, -0.2) is 33.2 Å². The largest absolute Gasteiger partial charge is 0.471 e. The number of amides is 2. The first-order valence-electron chi connectivity index (χ1n) is 8.47. The van der Waals surface area contributed by atoms with Crippen LogP contribution in [0.25, 0.3) is 11.4 Å². The van der Waals surface area contributed by atoms with E-state index >= 15 is 0 Å². The van der Waals surface area contributed by atoms with E-state index < -0.39 is 12.1 Å². The summed E-state index contributed by atoms with van der Waals surface area (Å²) in [5, 5.41) is 6.37. The van der Waals surface area contributed by atoms with Gasteiger partial charge in [0.2, 0.25) is 5.82 Å². The molecule has 1 aromatic heterocycles. The van der Waals surface area contributed by atoms with Crippen molar-refractivity contribution in [3.8, 4) is 11.4 Å². The molecular formula is C17H17F3N4O2. The number of carbonyl (C=O) groups is 1. The zero-order chi connectivity index (χ0) is 18.3. The molecule has 1 N–H and O–H groups in total. The van der Waals surface area contributed by atoms with Crippen molar-refractivity contribution < 1.29 is 22.5 Å². The lowest BCUT2D eigenvalue weighted by Gasteiger charge is -2.23. The van der Waals surface area contributed by atoms with E-state index in [2.05, 4.69) is 20.0 Å². The molecule has 9 heteroatoms. The van der Waals surface area contributed by atoms with Gasteiger partial charge in [0, 0.05) is 24.2 Å². The first-order valence-corrected chi connectivity index (χ1v) is 8.47. The summed E-state index contributed by atoms with van der Waals surface area (Å²) >= 11 is 0. The summed E-state index contributed by atoms with van der Waals surface area (Å²) < 4.78 is 41.9. The Balaban J connectivity index is 1.45. The van der Waals surface area contributed by atoms with E-state index in [1.165, 1.54) is 0 Å². The zero-order valence-corrected chi connectivity index (χ0v) is 13.8. The van der Waals surface area contributed by atoms with Gasteiger partial charge in [0.15, 0.2) is 0 Å². The van der Waals surface area contributed by atoms with Gasteiger partial charge in [-0.3, -0.25) is 0 Å². The van der Waals surface area contributed by atoms with Crippen molar-refractivity contribution >= 4 is 6.03 Å². The summed E-state index contributed by atoms with van der Waals surface area (Å²) in [6.07, 6.45) is -0.601. The SMILES string of the molecule is O=C(NC1CC1)N(Cc1ccc(-c2noc(C(F)(F)F)n2)cc1)C1CC1. The highest BCUT2D eigenvalue weighted by molar-refractivity contribution is 5.75. The van der Waals surface area contributed by atoms with Crippen LogP contribution in [0.4, 0.5) is 18.0 Å². The van der Waals surface area contributed by atoms with Gasteiger partial charge in [-0.1, -0.05) is 29.4 Å². The molecule has 26 heavy (non-hydrogen) atoms. The number of aromatic nitrogens is 2. The lowest BCUT2D eigenvalue weighted by atomic mass is 10.1. The molecule has 0 spiro atoms. The lowest BCUT2D eigenvalue weighted by molar-refractivity contribution is -0.159. The standard InChI is InChI=1S/C17H17F3N4O2/c18-17(19,20)15-22-14(23-26-15)11-3-1-10(2-4-11)9-24(13-7-8-13)16(25)21-12-5-6-12/h1-4,12-13H,5-9H2,(H,21,25). The minimum absolute atomic E-state index is 0.0490. The molecule has 1 aromatic carbocycles. The Morgan fingerprint density at radius 2 is 1.88 bits per heavy atom. The summed E-state index contributed by atoms with van der Waals surface area (Å²) in [7, 11) is 0. The van der Waals surface area contributed by atoms with E-state index in [4.69, 9.17) is 0 Å². The zero-order valence-electron chi connectivity index (χ0n) is 13.8. The molecule has 0 bridgehead atoms. The molecule has 0 unspecified atom stereocenters. The van der Waals surface area contributed by atoms with Gasteiger partial charge in [0.1, 0.15) is 0 Å². The molecule has 2 fully saturated rings. The molecule has 6 nitrogen and oxygen atoms in total. The minimum atomic E-state index is -4.66. The van der Waals surface area contributed by atoms with Gasteiger partial charge in [0.05, 0.1) is 0 Å². The van der Waals surface area contributed by atoms with Crippen LogP contribution in [-0.2, 0) is 12.7 Å². The second-order valence-electron chi connectivity index (χ2n) is 6.70. The van der Waals surface area contributed by atoms with Crippen LogP contribution in [0.2, 0.25) is 0 Å². The fraction of sp³-hybridized carbons (Fsp3) is 0.471. The number of rotatable bonds is 5.